The van der Waals surface area contributed by atoms with E-state index in [0.717, 1.165) is 24.3 Å². The molecule has 176 valence electrons. The quantitative estimate of drug-likeness (QED) is 0.738. The van der Waals surface area contributed by atoms with Gasteiger partial charge in [-0.25, -0.2) is 4.79 Å². The Hall–Kier alpha value is -1.59. The first-order chi connectivity index (χ1) is 15.6. The number of amides is 2. The molecule has 0 aromatic heterocycles. The lowest BCUT2D eigenvalue weighted by Crippen LogP contribution is -2.49. The van der Waals surface area contributed by atoms with Gasteiger partial charge in [-0.1, -0.05) is 44.5 Å². The minimum atomic E-state index is 0.0731. The fraction of sp³-hybridized carbons (Fsp3) is 0.741. The molecule has 2 amide bonds. The van der Waals surface area contributed by atoms with Crippen molar-refractivity contribution in [2.75, 3.05) is 39.4 Å². The molecule has 5 rings (SSSR count). The summed E-state index contributed by atoms with van der Waals surface area (Å²) in [7, 11) is 0. The van der Waals surface area contributed by atoms with Crippen molar-refractivity contribution in [2.45, 2.75) is 76.3 Å². The summed E-state index contributed by atoms with van der Waals surface area (Å²) in [6.07, 6.45) is 9.00. The second-order valence-electron chi connectivity index (χ2n) is 10.9. The molecule has 32 heavy (non-hydrogen) atoms. The van der Waals surface area contributed by atoms with E-state index in [0.29, 0.717) is 26.3 Å². The van der Waals surface area contributed by atoms with E-state index in [-0.39, 0.29) is 17.5 Å². The number of rotatable bonds is 4. The van der Waals surface area contributed by atoms with E-state index in [1.165, 1.54) is 62.7 Å². The molecule has 0 bridgehead atoms. The predicted molar refractivity (Wildman–Crippen MR) is 128 cm³/mol. The lowest BCUT2D eigenvalue weighted by atomic mass is 9.73. The molecule has 3 fully saturated rings. The number of nitrogens with one attached hydrogen (secondary N) is 1. The minimum absolute atomic E-state index is 0.0731. The van der Waals surface area contributed by atoms with E-state index < -0.39 is 0 Å². The molecule has 2 saturated heterocycles. The molecule has 1 spiro atoms. The van der Waals surface area contributed by atoms with Crippen LogP contribution in [0.5, 0.6) is 0 Å². The first-order valence-electron chi connectivity index (χ1n) is 13.1. The zero-order valence-electron chi connectivity index (χ0n) is 20.0. The van der Waals surface area contributed by atoms with Gasteiger partial charge in [0.05, 0.1) is 19.3 Å². The number of nitrogens with zero attached hydrogens (tertiary/aromatic N) is 2. The van der Waals surface area contributed by atoms with Crippen LogP contribution in [0.25, 0.3) is 0 Å². The molecule has 5 nitrogen and oxygen atoms in total. The zero-order valence-corrected chi connectivity index (χ0v) is 20.0. The molecule has 5 heteroatoms. The third-order valence-corrected chi connectivity index (χ3v) is 9.02. The Labute approximate surface area is 193 Å². The third kappa shape index (κ3) is 4.19. The highest BCUT2D eigenvalue weighted by molar-refractivity contribution is 5.75. The van der Waals surface area contributed by atoms with Crippen molar-refractivity contribution in [1.29, 1.82) is 0 Å². The van der Waals surface area contributed by atoms with E-state index in [2.05, 4.69) is 48.3 Å². The van der Waals surface area contributed by atoms with E-state index in [1.54, 1.807) is 0 Å². The maximum absolute atomic E-state index is 12.9. The minimum Gasteiger partial charge on any atom is -0.378 e. The monoisotopic (exact) mass is 439 g/mol. The second kappa shape index (κ2) is 9.34. The fourth-order valence-corrected chi connectivity index (χ4v) is 7.28. The number of morpholine rings is 1. The number of likely N-dealkylation sites (tertiary alicyclic amines) is 1. The lowest BCUT2D eigenvalue weighted by molar-refractivity contribution is 0.0517. The first-order valence-corrected chi connectivity index (χ1v) is 13.1. The van der Waals surface area contributed by atoms with E-state index >= 15 is 0 Å². The standard InChI is InChI=1S/C27H41N3O2/c1-3-25(21-9-8-20(2)18-21)29-12-10-27(11-13-29)19-24(22-6-4-5-7-23(22)27)28-26(31)30-14-16-32-17-15-30/h4-7,20-21,24-25H,3,8-19H2,1-2H3,(H,28,31)/t20?,21-,24+,25?/m1/s1. The molecular weight excluding hydrogens is 398 g/mol. The van der Waals surface area contributed by atoms with Crippen LogP contribution in [-0.2, 0) is 10.2 Å². The van der Waals surface area contributed by atoms with Crippen LogP contribution in [0, 0.1) is 11.8 Å². The second-order valence-corrected chi connectivity index (χ2v) is 10.9. The maximum Gasteiger partial charge on any atom is 0.318 e. The molecule has 0 radical (unpaired) electrons. The van der Waals surface area contributed by atoms with Crippen molar-refractivity contribution < 1.29 is 9.53 Å². The van der Waals surface area contributed by atoms with Crippen LogP contribution < -0.4 is 5.32 Å². The summed E-state index contributed by atoms with van der Waals surface area (Å²) in [4.78, 5) is 17.7. The first kappa shape index (κ1) is 22.2. The Morgan fingerprint density at radius 3 is 2.59 bits per heavy atom. The SMILES string of the molecule is CCC([C@@H]1CCC(C)C1)N1CCC2(CC1)C[C@H](NC(=O)N1CCOCC1)c1ccccc12. The van der Waals surface area contributed by atoms with Crippen LogP contribution in [0.15, 0.2) is 24.3 Å². The molecule has 1 saturated carbocycles. The van der Waals surface area contributed by atoms with Gasteiger partial charge >= 0.3 is 6.03 Å². The number of carbonyl (C=O) groups is 1. The van der Waals surface area contributed by atoms with Crippen molar-refractivity contribution in [2.24, 2.45) is 11.8 Å². The van der Waals surface area contributed by atoms with Gasteiger partial charge in [0.15, 0.2) is 0 Å². The Morgan fingerprint density at radius 1 is 1.16 bits per heavy atom. The van der Waals surface area contributed by atoms with E-state index in [4.69, 9.17) is 4.74 Å². The number of urea groups is 1. The average molecular weight is 440 g/mol. The number of ether oxygens (including phenoxy) is 1. The van der Waals surface area contributed by atoms with Crippen LogP contribution in [0.2, 0.25) is 0 Å². The van der Waals surface area contributed by atoms with Crippen molar-refractivity contribution in [3.8, 4) is 0 Å². The highest BCUT2D eigenvalue weighted by Crippen LogP contribution is 2.51. The van der Waals surface area contributed by atoms with E-state index in [1.807, 2.05) is 4.90 Å². The Kier molecular flexibility index (Phi) is 6.48. The van der Waals surface area contributed by atoms with Gasteiger partial charge in [-0.15, -0.1) is 0 Å². The normalized spacial score (nSPS) is 30.9. The molecule has 1 aromatic carbocycles. The summed E-state index contributed by atoms with van der Waals surface area (Å²) in [5.41, 5.74) is 3.06. The van der Waals surface area contributed by atoms with Gasteiger partial charge in [-0.3, -0.25) is 0 Å². The summed E-state index contributed by atoms with van der Waals surface area (Å²) < 4.78 is 5.42. The Balaban J connectivity index is 1.27. The van der Waals surface area contributed by atoms with Crippen LogP contribution >= 0.6 is 0 Å². The predicted octanol–water partition coefficient (Wildman–Crippen LogP) is 4.72. The maximum atomic E-state index is 12.9. The molecule has 2 aliphatic carbocycles. The molecule has 2 heterocycles. The van der Waals surface area contributed by atoms with Gasteiger partial charge in [-0.2, -0.15) is 0 Å². The zero-order chi connectivity index (χ0) is 22.1. The molecule has 2 unspecified atom stereocenters. The number of piperidine rings is 1. The Bertz CT molecular complexity index is 798. The van der Waals surface area contributed by atoms with Crippen molar-refractivity contribution >= 4 is 6.03 Å². The van der Waals surface area contributed by atoms with Crippen molar-refractivity contribution in [3.05, 3.63) is 35.4 Å². The van der Waals surface area contributed by atoms with Gasteiger partial charge in [0, 0.05) is 24.5 Å². The molecule has 2 aliphatic heterocycles. The molecule has 4 aliphatic rings. The molecule has 1 aromatic rings. The summed E-state index contributed by atoms with van der Waals surface area (Å²) in [6.45, 7) is 9.89. The largest absolute Gasteiger partial charge is 0.378 e. The van der Waals surface area contributed by atoms with Gasteiger partial charge < -0.3 is 19.9 Å². The molecular formula is C27H41N3O2. The number of hydrogen-bond donors (Lipinski definition) is 1. The van der Waals surface area contributed by atoms with Crippen molar-refractivity contribution in [3.63, 3.8) is 0 Å². The molecule has 1 N–H and O–H groups in total. The van der Waals surface area contributed by atoms with Crippen molar-refractivity contribution in [1.82, 2.24) is 15.1 Å². The summed E-state index contributed by atoms with van der Waals surface area (Å²) in [5, 5.41) is 3.39. The highest BCUT2D eigenvalue weighted by Gasteiger charge is 2.47. The van der Waals surface area contributed by atoms with Crippen LogP contribution in [0.4, 0.5) is 4.79 Å². The number of benzene rings is 1. The average Bonchev–Trinajstić information content (AvgIpc) is 3.38. The highest BCUT2D eigenvalue weighted by atomic mass is 16.5. The van der Waals surface area contributed by atoms with Gasteiger partial charge in [-0.05, 0) is 74.6 Å². The molecule has 4 atom stereocenters. The number of carbonyl (C=O) groups excluding carboxylic acids is 1. The summed E-state index contributed by atoms with van der Waals surface area (Å²) in [5.74, 6) is 1.79. The number of hydrogen-bond acceptors (Lipinski definition) is 3. The smallest absolute Gasteiger partial charge is 0.318 e. The fourth-order valence-electron chi connectivity index (χ4n) is 7.28. The van der Waals surface area contributed by atoms with Crippen LogP contribution in [0.3, 0.4) is 0 Å². The van der Waals surface area contributed by atoms with Crippen LogP contribution in [-0.4, -0.2) is 61.3 Å². The topological polar surface area (TPSA) is 44.8 Å². The summed E-state index contributed by atoms with van der Waals surface area (Å²) >= 11 is 0. The number of fused-ring (bicyclic) bond motifs is 2. The van der Waals surface area contributed by atoms with Gasteiger partial charge in [0.2, 0.25) is 0 Å². The van der Waals surface area contributed by atoms with Gasteiger partial charge in [0.1, 0.15) is 0 Å². The third-order valence-electron chi connectivity index (χ3n) is 9.02. The lowest BCUT2D eigenvalue weighted by Gasteiger charge is -2.45. The summed E-state index contributed by atoms with van der Waals surface area (Å²) in [6, 6.07) is 9.86. The van der Waals surface area contributed by atoms with E-state index in [9.17, 15) is 4.79 Å². The van der Waals surface area contributed by atoms with Gasteiger partial charge in [0.25, 0.3) is 0 Å². The Morgan fingerprint density at radius 2 is 1.91 bits per heavy atom. The van der Waals surface area contributed by atoms with Crippen LogP contribution in [0.1, 0.15) is 76.0 Å².